The fourth-order valence-electron chi connectivity index (χ4n) is 2.50. The van der Waals surface area contributed by atoms with Gasteiger partial charge in [-0.1, -0.05) is 12.1 Å². The predicted molar refractivity (Wildman–Crippen MR) is 76.7 cm³/mol. The van der Waals surface area contributed by atoms with Gasteiger partial charge in [-0.3, -0.25) is 19.7 Å². The summed E-state index contributed by atoms with van der Waals surface area (Å²) < 4.78 is 0. The number of aromatic amines is 1. The number of piperidine rings is 1. The molecule has 1 aliphatic heterocycles. The molecule has 108 valence electrons. The molecule has 3 N–H and O–H groups in total. The number of amides is 3. The van der Waals surface area contributed by atoms with E-state index in [-0.39, 0.29) is 18.2 Å². The van der Waals surface area contributed by atoms with E-state index in [9.17, 15) is 14.4 Å². The highest BCUT2D eigenvalue weighted by atomic mass is 16.2. The summed E-state index contributed by atoms with van der Waals surface area (Å²) in [5.41, 5.74) is 2.47. The van der Waals surface area contributed by atoms with Crippen LogP contribution < -0.4 is 10.6 Å². The number of aromatic nitrogens is 1. The number of hydrogen-bond acceptors (Lipinski definition) is 3. The summed E-state index contributed by atoms with van der Waals surface area (Å²) in [6, 6.07) is 5.10. The lowest BCUT2D eigenvalue weighted by molar-refractivity contribution is -0.134. The predicted octanol–water partition coefficient (Wildman–Crippen LogP) is 1.01. The molecule has 2 heterocycles. The van der Waals surface area contributed by atoms with Gasteiger partial charge in [-0.2, -0.15) is 0 Å². The zero-order valence-corrected chi connectivity index (χ0v) is 11.5. The van der Waals surface area contributed by atoms with Gasteiger partial charge >= 0.3 is 0 Å². The third-order valence-corrected chi connectivity index (χ3v) is 3.63. The van der Waals surface area contributed by atoms with Crippen LogP contribution >= 0.6 is 0 Å². The Kier molecular flexibility index (Phi) is 3.21. The Hall–Kier alpha value is -2.63. The molecule has 1 saturated heterocycles. The van der Waals surface area contributed by atoms with Crippen molar-refractivity contribution in [3.63, 3.8) is 0 Å². The van der Waals surface area contributed by atoms with Crippen LogP contribution in [-0.2, 0) is 9.59 Å². The van der Waals surface area contributed by atoms with Crippen LogP contribution in [0.25, 0.3) is 10.9 Å². The topological polar surface area (TPSA) is 91.1 Å². The molecule has 0 bridgehead atoms. The van der Waals surface area contributed by atoms with Gasteiger partial charge in [0, 0.05) is 23.5 Å². The van der Waals surface area contributed by atoms with Crippen molar-refractivity contribution in [2.24, 2.45) is 0 Å². The maximum Gasteiger partial charge on any atom is 0.254 e. The molecule has 6 heteroatoms. The lowest BCUT2D eigenvalue weighted by Gasteiger charge is -2.21. The minimum Gasteiger partial charge on any atom is -0.360 e. The zero-order valence-electron chi connectivity index (χ0n) is 11.5. The number of hydrogen-bond donors (Lipinski definition) is 3. The van der Waals surface area contributed by atoms with Gasteiger partial charge in [0.1, 0.15) is 6.04 Å². The summed E-state index contributed by atoms with van der Waals surface area (Å²) in [5, 5.41) is 5.71. The number of benzene rings is 1. The van der Waals surface area contributed by atoms with Crippen molar-refractivity contribution in [3.8, 4) is 0 Å². The van der Waals surface area contributed by atoms with Crippen LogP contribution in [0.5, 0.6) is 0 Å². The highest BCUT2D eigenvalue weighted by Crippen LogP contribution is 2.19. The van der Waals surface area contributed by atoms with E-state index in [0.717, 1.165) is 16.5 Å². The van der Waals surface area contributed by atoms with Gasteiger partial charge in [-0.15, -0.1) is 0 Å². The lowest BCUT2D eigenvalue weighted by atomic mass is 10.1. The standard InChI is InChI=1S/C15H15N3O3/c1-8-2-3-9-10(7-16-12(9)6-8)14(20)17-11-4-5-13(19)18-15(11)21/h2-3,6-7,11,16H,4-5H2,1H3,(H,17,20)(H,18,19,21). The van der Waals surface area contributed by atoms with Crippen LogP contribution in [0.3, 0.4) is 0 Å². The van der Waals surface area contributed by atoms with Crippen LogP contribution in [0.15, 0.2) is 24.4 Å². The summed E-state index contributed by atoms with van der Waals surface area (Å²) in [4.78, 5) is 38.1. The molecule has 1 aromatic carbocycles. The minimum absolute atomic E-state index is 0.240. The van der Waals surface area contributed by atoms with Crippen molar-refractivity contribution in [3.05, 3.63) is 35.5 Å². The molecule has 0 aliphatic carbocycles. The van der Waals surface area contributed by atoms with Crippen molar-refractivity contribution in [1.82, 2.24) is 15.6 Å². The molecule has 21 heavy (non-hydrogen) atoms. The normalized spacial score (nSPS) is 18.6. The molecule has 3 amide bonds. The highest BCUT2D eigenvalue weighted by Gasteiger charge is 2.28. The van der Waals surface area contributed by atoms with Crippen molar-refractivity contribution >= 4 is 28.6 Å². The second-order valence-electron chi connectivity index (χ2n) is 5.23. The van der Waals surface area contributed by atoms with Crippen molar-refractivity contribution in [1.29, 1.82) is 0 Å². The van der Waals surface area contributed by atoms with Crippen LogP contribution in [0.4, 0.5) is 0 Å². The van der Waals surface area contributed by atoms with Gasteiger partial charge in [0.2, 0.25) is 11.8 Å². The molecule has 1 aromatic heterocycles. The van der Waals surface area contributed by atoms with E-state index in [1.54, 1.807) is 6.20 Å². The fraction of sp³-hybridized carbons (Fsp3) is 0.267. The number of aryl methyl sites for hydroxylation is 1. The molecular formula is C15H15N3O3. The van der Waals surface area contributed by atoms with Gasteiger partial charge in [-0.05, 0) is 25.0 Å². The SMILES string of the molecule is Cc1ccc2c(C(=O)NC3CCC(=O)NC3=O)c[nH]c2c1. The maximum absolute atomic E-state index is 12.3. The van der Waals surface area contributed by atoms with Crippen LogP contribution in [-0.4, -0.2) is 28.7 Å². The quantitative estimate of drug-likeness (QED) is 0.719. The second-order valence-corrected chi connectivity index (χ2v) is 5.23. The summed E-state index contributed by atoms with van der Waals surface area (Å²) in [6.45, 7) is 1.98. The number of H-pyrrole nitrogens is 1. The van der Waals surface area contributed by atoms with E-state index in [2.05, 4.69) is 15.6 Å². The first-order valence-corrected chi connectivity index (χ1v) is 6.77. The molecular weight excluding hydrogens is 270 g/mol. The molecule has 2 aromatic rings. The smallest absolute Gasteiger partial charge is 0.254 e. The zero-order chi connectivity index (χ0) is 15.0. The molecule has 0 radical (unpaired) electrons. The Labute approximate surface area is 120 Å². The molecule has 0 saturated carbocycles. The fourth-order valence-corrected chi connectivity index (χ4v) is 2.50. The number of carbonyl (C=O) groups excluding carboxylic acids is 3. The first-order valence-electron chi connectivity index (χ1n) is 6.77. The molecule has 0 spiro atoms. The van der Waals surface area contributed by atoms with E-state index in [4.69, 9.17) is 0 Å². The molecule has 1 aliphatic rings. The first kappa shape index (κ1) is 13.4. The summed E-state index contributed by atoms with van der Waals surface area (Å²) in [7, 11) is 0. The van der Waals surface area contributed by atoms with Crippen LogP contribution in [0, 0.1) is 6.92 Å². The second kappa shape index (κ2) is 5.05. The van der Waals surface area contributed by atoms with Crippen molar-refractivity contribution < 1.29 is 14.4 Å². The molecule has 3 rings (SSSR count). The van der Waals surface area contributed by atoms with Gasteiger partial charge in [-0.25, -0.2) is 0 Å². The number of carbonyl (C=O) groups is 3. The Morgan fingerprint density at radius 2 is 2.14 bits per heavy atom. The van der Waals surface area contributed by atoms with Gasteiger partial charge in [0.15, 0.2) is 0 Å². The number of imide groups is 1. The van der Waals surface area contributed by atoms with Crippen molar-refractivity contribution in [2.45, 2.75) is 25.8 Å². The molecule has 6 nitrogen and oxygen atoms in total. The summed E-state index contributed by atoms with van der Waals surface area (Å²) >= 11 is 0. The van der Waals surface area contributed by atoms with E-state index >= 15 is 0 Å². The van der Waals surface area contributed by atoms with Gasteiger partial charge < -0.3 is 10.3 Å². The Balaban J connectivity index is 1.81. The Morgan fingerprint density at radius 3 is 2.90 bits per heavy atom. The van der Waals surface area contributed by atoms with Gasteiger partial charge in [0.05, 0.1) is 5.56 Å². The molecule has 1 atom stereocenters. The van der Waals surface area contributed by atoms with E-state index in [1.165, 1.54) is 0 Å². The van der Waals surface area contributed by atoms with Crippen LogP contribution in [0.1, 0.15) is 28.8 Å². The third-order valence-electron chi connectivity index (χ3n) is 3.63. The van der Waals surface area contributed by atoms with E-state index in [0.29, 0.717) is 12.0 Å². The number of nitrogens with one attached hydrogen (secondary N) is 3. The molecule has 1 fully saturated rings. The first-order chi connectivity index (χ1) is 10.0. The van der Waals surface area contributed by atoms with Crippen LogP contribution in [0.2, 0.25) is 0 Å². The maximum atomic E-state index is 12.3. The van der Waals surface area contributed by atoms with E-state index < -0.39 is 11.9 Å². The minimum atomic E-state index is -0.661. The summed E-state index contributed by atoms with van der Waals surface area (Å²) in [5.74, 6) is -1.07. The summed E-state index contributed by atoms with van der Waals surface area (Å²) in [6.07, 6.45) is 2.20. The average Bonchev–Trinajstić information content (AvgIpc) is 2.84. The number of fused-ring (bicyclic) bond motifs is 1. The lowest BCUT2D eigenvalue weighted by Crippen LogP contribution is -2.52. The molecule has 1 unspecified atom stereocenters. The Morgan fingerprint density at radius 1 is 1.33 bits per heavy atom. The van der Waals surface area contributed by atoms with Gasteiger partial charge in [0.25, 0.3) is 5.91 Å². The third kappa shape index (κ3) is 2.52. The van der Waals surface area contributed by atoms with E-state index in [1.807, 2.05) is 25.1 Å². The average molecular weight is 285 g/mol. The van der Waals surface area contributed by atoms with Crippen molar-refractivity contribution in [2.75, 3.05) is 0 Å². The largest absolute Gasteiger partial charge is 0.360 e. The Bertz CT molecular complexity index is 748. The highest BCUT2D eigenvalue weighted by molar-refractivity contribution is 6.09. The monoisotopic (exact) mass is 285 g/mol. The number of rotatable bonds is 2.